The Balaban J connectivity index is 0.000000188. The van der Waals surface area contributed by atoms with Crippen LogP contribution in [0.1, 0.15) is 366 Å². The fourth-order valence-corrected chi connectivity index (χ4v) is 18.1. The van der Waals surface area contributed by atoms with Gasteiger partial charge in [0.15, 0.2) is 5.41 Å². The molecule has 12 rings (SSSR count). The molecule has 0 amide bonds. The van der Waals surface area contributed by atoms with Crippen LogP contribution in [0.15, 0.2) is 164 Å². The summed E-state index contributed by atoms with van der Waals surface area (Å²) in [6.07, 6.45) is 5.63. The summed E-state index contributed by atoms with van der Waals surface area (Å²) in [4.78, 5) is 0. The zero-order valence-corrected chi connectivity index (χ0v) is 74.7. The van der Waals surface area contributed by atoms with Crippen molar-refractivity contribution in [1.82, 2.24) is 0 Å². The molecule has 0 heterocycles. The van der Waals surface area contributed by atoms with Crippen molar-refractivity contribution >= 4 is 0 Å². The van der Waals surface area contributed by atoms with E-state index in [1.807, 2.05) is 45.9 Å². The summed E-state index contributed by atoms with van der Waals surface area (Å²) in [6.45, 7) is 60.7. The Hall–Kier alpha value is -6.66. The largest absolute Gasteiger partial charge is 0.403 e. The van der Waals surface area contributed by atoms with Gasteiger partial charge in [0.05, 0.1) is 0 Å². The van der Waals surface area contributed by atoms with E-state index < -0.39 is 30.6 Å². The number of alkyl halides is 6. The van der Waals surface area contributed by atoms with Crippen molar-refractivity contribution in [2.75, 3.05) is 0 Å². The maximum atomic E-state index is 13.2. The molecule has 0 aliphatic heterocycles. The maximum Gasteiger partial charge on any atom is 0.403 e. The monoisotopic (exact) mass is 1530 g/mol. The Morgan fingerprint density at radius 1 is 0.250 bits per heavy atom. The zero-order valence-electron chi connectivity index (χ0n) is 74.7. The van der Waals surface area contributed by atoms with Crippen molar-refractivity contribution in [2.45, 2.75) is 365 Å². The van der Waals surface area contributed by atoms with Crippen molar-refractivity contribution in [3.8, 4) is 22.3 Å². The summed E-state index contributed by atoms with van der Waals surface area (Å²) < 4.78 is 79.1. The lowest BCUT2D eigenvalue weighted by Gasteiger charge is -2.42. The Morgan fingerprint density at radius 2 is 0.509 bits per heavy atom. The third-order valence-corrected chi connectivity index (χ3v) is 25.0. The molecule has 612 valence electrons. The van der Waals surface area contributed by atoms with E-state index in [9.17, 15) is 26.3 Å². The number of rotatable bonds is 6. The van der Waals surface area contributed by atoms with E-state index in [1.165, 1.54) is 167 Å². The van der Waals surface area contributed by atoms with Crippen molar-refractivity contribution in [1.29, 1.82) is 0 Å². The average molecular weight is 1530 g/mol. The van der Waals surface area contributed by atoms with E-state index in [2.05, 4.69) is 305 Å². The van der Waals surface area contributed by atoms with Crippen LogP contribution in [0.25, 0.3) is 22.3 Å². The molecule has 4 fully saturated rings. The van der Waals surface area contributed by atoms with Gasteiger partial charge in [-0.3, -0.25) is 0 Å². The number of aryl methyl sites for hydroxylation is 7. The first-order valence-corrected chi connectivity index (χ1v) is 42.6. The second-order valence-electron chi connectivity index (χ2n) is 41.1. The third kappa shape index (κ3) is 25.2. The molecule has 4 saturated carbocycles. The predicted molar refractivity (Wildman–Crippen MR) is 473 cm³/mol. The lowest BCUT2D eigenvalue weighted by molar-refractivity contribution is -0.350. The average Bonchev–Trinajstić information content (AvgIpc) is 0.792. The highest BCUT2D eigenvalue weighted by atomic mass is 19.4. The molecule has 0 bridgehead atoms. The molecule has 0 saturated heterocycles. The molecule has 8 aromatic rings. The topological polar surface area (TPSA) is 0 Å². The predicted octanol–water partition coefficient (Wildman–Crippen LogP) is 33.6. The Kier molecular flexibility index (Phi) is 31.0. The van der Waals surface area contributed by atoms with Crippen LogP contribution in [0.4, 0.5) is 26.3 Å². The minimum absolute atomic E-state index is 0.105. The van der Waals surface area contributed by atoms with Crippen molar-refractivity contribution in [2.24, 2.45) is 10.8 Å². The molecule has 0 nitrogen and oxygen atoms in total. The molecule has 0 unspecified atom stereocenters. The fraction of sp³-hybridized carbons (Fsp3) is 0.547. The summed E-state index contributed by atoms with van der Waals surface area (Å²) in [7, 11) is 0. The van der Waals surface area contributed by atoms with Gasteiger partial charge >= 0.3 is 12.4 Å². The second-order valence-corrected chi connectivity index (χ2v) is 41.1. The summed E-state index contributed by atoms with van der Waals surface area (Å²) in [5.41, 5.74) is 26.9. The van der Waals surface area contributed by atoms with Crippen LogP contribution in [-0.2, 0) is 32.5 Å². The van der Waals surface area contributed by atoms with Crippen LogP contribution in [-0.4, -0.2) is 12.4 Å². The van der Waals surface area contributed by atoms with Gasteiger partial charge < -0.3 is 0 Å². The first kappa shape index (κ1) is 92.5. The van der Waals surface area contributed by atoms with E-state index >= 15 is 0 Å². The van der Waals surface area contributed by atoms with Crippen LogP contribution >= 0.6 is 0 Å². The normalized spacial score (nSPS) is 16.9. The highest BCUT2D eigenvalue weighted by Crippen LogP contribution is 2.60. The van der Waals surface area contributed by atoms with Gasteiger partial charge in [-0.25, -0.2) is 0 Å². The molecular formula is C106H146F6. The molecule has 0 atom stereocenters. The van der Waals surface area contributed by atoms with Gasteiger partial charge in [0, 0.05) is 0 Å². The van der Waals surface area contributed by atoms with Crippen LogP contribution in [0.2, 0.25) is 0 Å². The summed E-state index contributed by atoms with van der Waals surface area (Å²) in [5, 5.41) is 0. The Morgan fingerprint density at radius 3 is 0.821 bits per heavy atom. The number of halogens is 6. The molecule has 0 N–H and O–H groups in total. The Labute approximate surface area is 678 Å². The molecule has 4 aliphatic rings. The third-order valence-electron chi connectivity index (χ3n) is 25.0. The minimum Gasteiger partial charge on any atom is -0.170 e. The number of benzene rings is 8. The van der Waals surface area contributed by atoms with E-state index in [4.69, 9.17) is 0 Å². The van der Waals surface area contributed by atoms with Crippen molar-refractivity contribution in [3.05, 3.63) is 258 Å². The van der Waals surface area contributed by atoms with Crippen LogP contribution in [0.5, 0.6) is 0 Å². The molecule has 6 heteroatoms. The van der Waals surface area contributed by atoms with Gasteiger partial charge in [-0.2, -0.15) is 26.3 Å². The minimum atomic E-state index is -5.26. The van der Waals surface area contributed by atoms with Gasteiger partial charge in [-0.1, -0.05) is 334 Å². The summed E-state index contributed by atoms with van der Waals surface area (Å²) in [6, 6.07) is 59.9. The zero-order chi connectivity index (χ0) is 83.5. The molecule has 0 aromatic heterocycles. The molecule has 0 radical (unpaired) electrons. The molecular weight excluding hydrogens is 1390 g/mol. The lowest BCUT2D eigenvalue weighted by Crippen LogP contribution is -2.51. The van der Waals surface area contributed by atoms with E-state index in [1.54, 1.807) is 16.7 Å². The smallest absolute Gasteiger partial charge is 0.170 e. The maximum absolute atomic E-state index is 13.2. The first-order chi connectivity index (χ1) is 51.7. The number of hydrogen-bond donors (Lipinski definition) is 0. The van der Waals surface area contributed by atoms with Gasteiger partial charge in [0.25, 0.3) is 0 Å². The van der Waals surface area contributed by atoms with E-state index in [-0.39, 0.29) is 51.2 Å². The quantitative estimate of drug-likeness (QED) is 0.146. The van der Waals surface area contributed by atoms with Crippen molar-refractivity contribution < 1.29 is 26.3 Å². The molecule has 8 aromatic carbocycles. The summed E-state index contributed by atoms with van der Waals surface area (Å²) >= 11 is 0. The van der Waals surface area contributed by atoms with Gasteiger partial charge in [0.1, 0.15) is 0 Å². The van der Waals surface area contributed by atoms with E-state index in [0.29, 0.717) is 5.41 Å². The number of hydrogen-bond acceptors (Lipinski definition) is 0. The van der Waals surface area contributed by atoms with Gasteiger partial charge in [0.2, 0.25) is 0 Å². The first-order valence-electron chi connectivity index (χ1n) is 42.6. The molecule has 0 spiro atoms. The van der Waals surface area contributed by atoms with Crippen LogP contribution < -0.4 is 0 Å². The van der Waals surface area contributed by atoms with Crippen LogP contribution in [0, 0.1) is 59.3 Å². The highest BCUT2D eigenvalue weighted by molar-refractivity contribution is 5.69. The standard InChI is InChI=1S/C19H24F6.C19H30.C18H22.C17H26.C17H20.C16H24/c1-12-5-6-14(11-15(12)16(2,3)4)13-7-9-17(10-8-13,18(20,21)22)19(23,24)25;1-14-7-8-16(13-17(14)18(2,3)4)15-9-11-19(5,6)12-10-15;1-13-8-6-7-9-16(13)15-11-10-14(2)17(12-15)18(3,4)5;2*1-13-10-11-15(12-16(13)17(2,3)4)14-8-6-5-7-9-14;1-12-9-10-14(13-7-5-6-8-13)11-15(12)16(2,3)4/h5-6,11,13H,7-10H2,1-4H3;7-8,13,15H,9-12H2,1-6H3;6-12H,1-5H3;10-12,14H,5-9H2,1-4H3;5-12H,1-4H3;9-11,13H,5-8H2,1-4H3. The lowest BCUT2D eigenvalue weighted by atomic mass is 9.67. The highest BCUT2D eigenvalue weighted by Gasteiger charge is 2.70. The molecule has 4 aliphatic carbocycles. The molecule has 112 heavy (non-hydrogen) atoms. The summed E-state index contributed by atoms with van der Waals surface area (Å²) in [5.74, 6) is 2.18. The Bertz CT molecular complexity index is 4270. The van der Waals surface area contributed by atoms with Crippen LogP contribution in [0.3, 0.4) is 0 Å². The fourth-order valence-electron chi connectivity index (χ4n) is 18.1. The van der Waals surface area contributed by atoms with Gasteiger partial charge in [-0.05, 0) is 304 Å². The SMILES string of the molecule is Cc1ccc(-c2ccccc2)cc1C(C)(C)C.Cc1ccc(C2CCC(C(F)(F)F)(C(F)(F)F)CC2)cc1C(C)(C)C.Cc1ccc(C2CCC(C)(C)CC2)cc1C(C)(C)C.Cc1ccc(C2CCCC2)cc1C(C)(C)C.Cc1ccc(C2CCCCC2)cc1C(C)(C)C.Cc1ccccc1-c1ccc(C)c(C(C)(C)C)c1. The second kappa shape index (κ2) is 37.5. The van der Waals surface area contributed by atoms with Crippen molar-refractivity contribution in [3.63, 3.8) is 0 Å². The van der Waals surface area contributed by atoms with Gasteiger partial charge in [-0.15, -0.1) is 0 Å². The van der Waals surface area contributed by atoms with E-state index in [0.717, 1.165) is 34.4 Å².